The van der Waals surface area contributed by atoms with E-state index in [9.17, 15) is 14.7 Å². The third kappa shape index (κ3) is 3.10. The van der Waals surface area contributed by atoms with Gasteiger partial charge in [-0.3, -0.25) is 14.5 Å². The number of carbonyl (C=O) groups excluding carboxylic acids is 2. The van der Waals surface area contributed by atoms with Gasteiger partial charge in [0.25, 0.3) is 0 Å². The van der Waals surface area contributed by atoms with Crippen LogP contribution in [0.2, 0.25) is 0 Å². The van der Waals surface area contributed by atoms with Crippen LogP contribution >= 0.6 is 0 Å². The van der Waals surface area contributed by atoms with Gasteiger partial charge in [0.1, 0.15) is 0 Å². The molecule has 5 nitrogen and oxygen atoms in total. The summed E-state index contributed by atoms with van der Waals surface area (Å²) in [6, 6.07) is 0. The predicted molar refractivity (Wildman–Crippen MR) is 82.9 cm³/mol. The van der Waals surface area contributed by atoms with E-state index in [1.807, 2.05) is 12.2 Å². The molecule has 0 aromatic heterocycles. The fourth-order valence-corrected chi connectivity index (χ4v) is 3.86. The molecule has 3 atom stereocenters. The second kappa shape index (κ2) is 6.50. The summed E-state index contributed by atoms with van der Waals surface area (Å²) >= 11 is 0. The third-order valence-electron chi connectivity index (χ3n) is 5.34. The highest BCUT2D eigenvalue weighted by atomic mass is 16.3. The van der Waals surface area contributed by atoms with Crippen molar-refractivity contribution in [2.24, 2.45) is 17.8 Å². The molecule has 0 radical (unpaired) electrons. The number of likely N-dealkylation sites (tertiary alicyclic amines) is 2. The molecule has 122 valence electrons. The second-order valence-corrected chi connectivity index (χ2v) is 7.08. The molecule has 22 heavy (non-hydrogen) atoms. The predicted octanol–water partition coefficient (Wildman–Crippen LogP) is 1.03. The molecule has 0 bridgehead atoms. The molecule has 0 saturated carbocycles. The normalized spacial score (nSPS) is 31.6. The zero-order valence-corrected chi connectivity index (χ0v) is 13.3. The zero-order valence-electron chi connectivity index (χ0n) is 13.3. The van der Waals surface area contributed by atoms with E-state index in [-0.39, 0.29) is 30.2 Å². The number of piperidine rings is 1. The number of nitrogens with zero attached hydrogens (tertiary/aromatic N) is 2. The van der Waals surface area contributed by atoms with Crippen LogP contribution in [-0.4, -0.2) is 59.0 Å². The van der Waals surface area contributed by atoms with E-state index in [4.69, 9.17) is 0 Å². The van der Waals surface area contributed by atoms with Crippen LogP contribution < -0.4 is 0 Å². The SMILES string of the molecule is CC1CCN(CC(O)CN2C(=O)C3CC=CCC3C2=O)CC1. The molecule has 1 N–H and O–H groups in total. The van der Waals surface area contributed by atoms with Gasteiger partial charge >= 0.3 is 0 Å². The fourth-order valence-electron chi connectivity index (χ4n) is 3.86. The minimum atomic E-state index is -0.644. The van der Waals surface area contributed by atoms with Crippen LogP contribution in [-0.2, 0) is 9.59 Å². The van der Waals surface area contributed by atoms with Gasteiger partial charge in [0.05, 0.1) is 24.5 Å². The van der Waals surface area contributed by atoms with E-state index in [2.05, 4.69) is 11.8 Å². The van der Waals surface area contributed by atoms with Crippen LogP contribution in [0.4, 0.5) is 0 Å². The van der Waals surface area contributed by atoms with Gasteiger partial charge in [-0.1, -0.05) is 19.1 Å². The van der Waals surface area contributed by atoms with Crippen molar-refractivity contribution >= 4 is 11.8 Å². The first-order valence-electron chi connectivity index (χ1n) is 8.47. The van der Waals surface area contributed by atoms with E-state index in [1.54, 1.807) is 0 Å². The molecule has 5 heteroatoms. The van der Waals surface area contributed by atoms with E-state index < -0.39 is 6.10 Å². The third-order valence-corrected chi connectivity index (χ3v) is 5.34. The summed E-state index contributed by atoms with van der Waals surface area (Å²) in [7, 11) is 0. The number of hydrogen-bond donors (Lipinski definition) is 1. The largest absolute Gasteiger partial charge is 0.390 e. The van der Waals surface area contributed by atoms with Gasteiger partial charge in [0.15, 0.2) is 0 Å². The van der Waals surface area contributed by atoms with Gasteiger partial charge in [-0.2, -0.15) is 0 Å². The van der Waals surface area contributed by atoms with Crippen molar-refractivity contribution in [1.82, 2.24) is 9.80 Å². The smallest absolute Gasteiger partial charge is 0.233 e. The number of aliphatic hydroxyl groups excluding tert-OH is 1. The number of rotatable bonds is 4. The summed E-state index contributed by atoms with van der Waals surface area (Å²) in [5.74, 6) is 0.183. The maximum absolute atomic E-state index is 12.4. The molecule has 0 aromatic rings. The van der Waals surface area contributed by atoms with Gasteiger partial charge in [-0.15, -0.1) is 0 Å². The Kier molecular flexibility index (Phi) is 4.64. The summed E-state index contributed by atoms with van der Waals surface area (Å²) < 4.78 is 0. The van der Waals surface area contributed by atoms with Crippen molar-refractivity contribution in [3.63, 3.8) is 0 Å². The number of carbonyl (C=O) groups is 2. The Hall–Kier alpha value is -1.20. The Morgan fingerprint density at radius 2 is 1.64 bits per heavy atom. The van der Waals surface area contributed by atoms with E-state index in [1.165, 1.54) is 4.90 Å². The Labute approximate surface area is 132 Å². The summed E-state index contributed by atoms with van der Waals surface area (Å²) in [6.07, 6.45) is 6.96. The molecule has 2 heterocycles. The average Bonchev–Trinajstić information content (AvgIpc) is 2.75. The van der Waals surface area contributed by atoms with Crippen molar-refractivity contribution < 1.29 is 14.7 Å². The van der Waals surface area contributed by atoms with Gasteiger partial charge < -0.3 is 10.0 Å². The Balaban J connectivity index is 1.54. The van der Waals surface area contributed by atoms with Crippen LogP contribution in [0.15, 0.2) is 12.2 Å². The zero-order chi connectivity index (χ0) is 15.7. The Morgan fingerprint density at radius 3 is 2.18 bits per heavy atom. The quantitative estimate of drug-likeness (QED) is 0.622. The summed E-state index contributed by atoms with van der Waals surface area (Å²) in [5, 5.41) is 10.3. The lowest BCUT2D eigenvalue weighted by Gasteiger charge is -2.32. The summed E-state index contributed by atoms with van der Waals surface area (Å²) in [5.41, 5.74) is 0. The standard InChI is InChI=1S/C17H26N2O3/c1-12-6-8-18(9-7-12)10-13(20)11-19-16(21)14-4-2-3-5-15(14)17(19)22/h2-3,12-15,20H,4-11H2,1H3. The molecule has 2 amide bonds. The number of amides is 2. The molecule has 1 aliphatic carbocycles. The molecule has 0 aromatic carbocycles. The Morgan fingerprint density at radius 1 is 1.09 bits per heavy atom. The highest BCUT2D eigenvalue weighted by molar-refractivity contribution is 6.05. The van der Waals surface area contributed by atoms with Crippen molar-refractivity contribution in [3.05, 3.63) is 12.2 Å². The molecule has 2 fully saturated rings. The van der Waals surface area contributed by atoms with Crippen LogP contribution in [0.5, 0.6) is 0 Å². The Bertz CT molecular complexity index is 443. The minimum absolute atomic E-state index is 0.0920. The molecule has 2 aliphatic heterocycles. The minimum Gasteiger partial charge on any atom is -0.390 e. The number of hydrogen-bond acceptors (Lipinski definition) is 4. The average molecular weight is 306 g/mol. The maximum Gasteiger partial charge on any atom is 0.233 e. The van der Waals surface area contributed by atoms with E-state index in [0.717, 1.165) is 31.8 Å². The lowest BCUT2D eigenvalue weighted by Crippen LogP contribution is -2.45. The van der Waals surface area contributed by atoms with Crippen LogP contribution in [0, 0.1) is 17.8 Å². The van der Waals surface area contributed by atoms with Gasteiger partial charge in [-0.05, 0) is 44.7 Å². The van der Waals surface area contributed by atoms with Gasteiger partial charge in [-0.25, -0.2) is 0 Å². The number of imide groups is 1. The highest BCUT2D eigenvalue weighted by Gasteiger charge is 2.47. The van der Waals surface area contributed by atoms with Gasteiger partial charge in [0, 0.05) is 6.54 Å². The number of β-amino-alcohol motifs (C(OH)–C–C–N with tert-alkyl or cyclic N) is 1. The first-order valence-corrected chi connectivity index (χ1v) is 8.47. The molecular weight excluding hydrogens is 280 g/mol. The summed E-state index contributed by atoms with van der Waals surface area (Å²) in [4.78, 5) is 28.3. The second-order valence-electron chi connectivity index (χ2n) is 7.08. The first-order chi connectivity index (χ1) is 10.6. The molecular formula is C17H26N2O3. The molecule has 0 spiro atoms. The fraction of sp³-hybridized carbons (Fsp3) is 0.765. The van der Waals surface area contributed by atoms with Crippen LogP contribution in [0.25, 0.3) is 0 Å². The number of aliphatic hydroxyl groups is 1. The lowest BCUT2D eigenvalue weighted by molar-refractivity contribution is -0.141. The van der Waals surface area contributed by atoms with Gasteiger partial charge in [0.2, 0.25) is 11.8 Å². The molecule has 2 saturated heterocycles. The monoisotopic (exact) mass is 306 g/mol. The van der Waals surface area contributed by atoms with Crippen LogP contribution in [0.3, 0.4) is 0 Å². The molecule has 3 rings (SSSR count). The number of fused-ring (bicyclic) bond motifs is 1. The van der Waals surface area contributed by atoms with E-state index >= 15 is 0 Å². The van der Waals surface area contributed by atoms with Crippen molar-refractivity contribution in [2.45, 2.75) is 38.7 Å². The van der Waals surface area contributed by atoms with Crippen molar-refractivity contribution in [1.29, 1.82) is 0 Å². The lowest BCUT2D eigenvalue weighted by atomic mass is 9.85. The topological polar surface area (TPSA) is 60.9 Å². The summed E-state index contributed by atoms with van der Waals surface area (Å²) in [6.45, 7) is 4.95. The number of allylic oxidation sites excluding steroid dienone is 2. The first kappa shape index (κ1) is 15.7. The molecule has 3 aliphatic rings. The molecule has 3 unspecified atom stereocenters. The van der Waals surface area contributed by atoms with Crippen molar-refractivity contribution in [3.8, 4) is 0 Å². The highest BCUT2D eigenvalue weighted by Crippen LogP contribution is 2.35. The van der Waals surface area contributed by atoms with Crippen LogP contribution in [0.1, 0.15) is 32.6 Å². The maximum atomic E-state index is 12.4. The van der Waals surface area contributed by atoms with Crippen molar-refractivity contribution in [2.75, 3.05) is 26.2 Å². The van der Waals surface area contributed by atoms with E-state index in [0.29, 0.717) is 19.4 Å².